The molecule has 3 nitrogen and oxygen atoms in total. The number of anilines is 4. The van der Waals surface area contributed by atoms with Crippen LogP contribution in [0.25, 0.3) is 65.8 Å². The topological polar surface area (TPSA) is 42.1 Å². The van der Waals surface area contributed by atoms with Crippen molar-refractivity contribution in [3.8, 4) is 33.5 Å². The third-order valence-electron chi connectivity index (χ3n) is 9.58. The van der Waals surface area contributed by atoms with Gasteiger partial charge in [-0.15, -0.1) is 0 Å². The first-order valence-electron chi connectivity index (χ1n) is 16.9. The summed E-state index contributed by atoms with van der Waals surface area (Å²) in [6.07, 6.45) is 0. The van der Waals surface area contributed by atoms with E-state index in [4.69, 9.17) is 10.7 Å². The zero-order valence-corrected chi connectivity index (χ0v) is 27.4. The molecule has 3 heteroatoms. The molecule has 0 amide bonds. The SMILES string of the molecule is Nc1ccccc1N(c1cccc(-c2ccccc2)c1)c1cccc(-c2c3ccccc3c(-c3ccc4ccccc4c3)c3ccccc23)n1. The average molecular weight is 640 g/mol. The molecule has 0 radical (unpaired) electrons. The molecule has 0 bridgehead atoms. The molecule has 0 aliphatic rings. The Hall–Kier alpha value is -6.71. The van der Waals surface area contributed by atoms with Crippen LogP contribution in [0.1, 0.15) is 0 Å². The summed E-state index contributed by atoms with van der Waals surface area (Å²) in [7, 11) is 0. The van der Waals surface area contributed by atoms with Gasteiger partial charge in [-0.2, -0.15) is 0 Å². The minimum Gasteiger partial charge on any atom is -0.397 e. The second-order valence-corrected chi connectivity index (χ2v) is 12.6. The normalized spacial score (nSPS) is 11.3. The first kappa shape index (κ1) is 29.4. The van der Waals surface area contributed by atoms with E-state index in [1.54, 1.807) is 0 Å². The number of hydrogen-bond acceptors (Lipinski definition) is 3. The minimum absolute atomic E-state index is 0.681. The predicted molar refractivity (Wildman–Crippen MR) is 212 cm³/mol. The third kappa shape index (κ3) is 5.13. The highest BCUT2D eigenvalue weighted by molar-refractivity contribution is 6.21. The molecule has 0 saturated carbocycles. The fourth-order valence-corrected chi connectivity index (χ4v) is 7.29. The Kier molecular flexibility index (Phi) is 7.29. The first-order valence-corrected chi connectivity index (χ1v) is 16.9. The van der Waals surface area contributed by atoms with Gasteiger partial charge in [-0.05, 0) is 97.0 Å². The Bertz CT molecular complexity index is 2620. The minimum atomic E-state index is 0.681. The summed E-state index contributed by atoms with van der Waals surface area (Å²) < 4.78 is 0. The smallest absolute Gasteiger partial charge is 0.138 e. The molecule has 8 aromatic carbocycles. The van der Waals surface area contributed by atoms with Gasteiger partial charge in [0.1, 0.15) is 5.82 Å². The summed E-state index contributed by atoms with van der Waals surface area (Å²) >= 11 is 0. The quantitative estimate of drug-likeness (QED) is 0.145. The van der Waals surface area contributed by atoms with Crippen LogP contribution in [0.4, 0.5) is 22.9 Å². The molecule has 0 saturated heterocycles. The summed E-state index contributed by atoms with van der Waals surface area (Å²) in [4.78, 5) is 7.62. The molecule has 9 aromatic rings. The Balaban J connectivity index is 1.27. The third-order valence-corrected chi connectivity index (χ3v) is 9.58. The van der Waals surface area contributed by atoms with Gasteiger partial charge in [-0.3, -0.25) is 4.90 Å². The molecular formula is C47H33N3. The van der Waals surface area contributed by atoms with Crippen LogP contribution in [-0.4, -0.2) is 4.98 Å². The van der Waals surface area contributed by atoms with E-state index >= 15 is 0 Å². The van der Waals surface area contributed by atoms with Gasteiger partial charge in [0.15, 0.2) is 0 Å². The lowest BCUT2D eigenvalue weighted by Crippen LogP contribution is -2.13. The highest BCUT2D eigenvalue weighted by Gasteiger charge is 2.21. The molecule has 0 spiro atoms. The van der Waals surface area contributed by atoms with E-state index in [0.29, 0.717) is 5.69 Å². The number of aromatic nitrogens is 1. The molecular weight excluding hydrogens is 607 g/mol. The summed E-state index contributed by atoms with van der Waals surface area (Å²) in [6.45, 7) is 0. The van der Waals surface area contributed by atoms with Gasteiger partial charge in [-0.1, -0.05) is 146 Å². The molecule has 1 aromatic heterocycles. The van der Waals surface area contributed by atoms with Crippen LogP contribution >= 0.6 is 0 Å². The number of rotatable bonds is 6. The van der Waals surface area contributed by atoms with Gasteiger partial charge >= 0.3 is 0 Å². The summed E-state index contributed by atoms with van der Waals surface area (Å²) in [6, 6.07) is 66.1. The van der Waals surface area contributed by atoms with E-state index in [0.717, 1.165) is 50.3 Å². The lowest BCUT2D eigenvalue weighted by Gasteiger charge is -2.27. The number of nitrogens with two attached hydrogens (primary N) is 1. The number of pyridine rings is 1. The van der Waals surface area contributed by atoms with Gasteiger partial charge in [-0.25, -0.2) is 4.98 Å². The lowest BCUT2D eigenvalue weighted by molar-refractivity contribution is 1.19. The average Bonchev–Trinajstić information content (AvgIpc) is 3.18. The number of fused-ring (bicyclic) bond motifs is 3. The van der Waals surface area contributed by atoms with Crippen molar-refractivity contribution in [1.29, 1.82) is 0 Å². The number of nitrogen functional groups attached to an aromatic ring is 1. The van der Waals surface area contributed by atoms with Crippen molar-refractivity contribution in [3.63, 3.8) is 0 Å². The van der Waals surface area contributed by atoms with E-state index in [9.17, 15) is 0 Å². The van der Waals surface area contributed by atoms with Crippen molar-refractivity contribution in [1.82, 2.24) is 4.98 Å². The van der Waals surface area contributed by atoms with Crippen molar-refractivity contribution in [2.45, 2.75) is 0 Å². The Morgan fingerprint density at radius 1 is 0.400 bits per heavy atom. The molecule has 1 heterocycles. The largest absolute Gasteiger partial charge is 0.397 e. The van der Waals surface area contributed by atoms with Crippen LogP contribution in [0.3, 0.4) is 0 Å². The fourth-order valence-electron chi connectivity index (χ4n) is 7.29. The molecule has 50 heavy (non-hydrogen) atoms. The Morgan fingerprint density at radius 2 is 1.00 bits per heavy atom. The molecule has 0 aliphatic heterocycles. The maximum absolute atomic E-state index is 6.68. The van der Waals surface area contributed by atoms with Gasteiger partial charge in [0, 0.05) is 11.3 Å². The monoisotopic (exact) mass is 639 g/mol. The number of hydrogen-bond donors (Lipinski definition) is 1. The summed E-state index contributed by atoms with van der Waals surface area (Å²) in [5.74, 6) is 0.789. The molecule has 0 fully saturated rings. The van der Waals surface area contributed by atoms with Gasteiger partial charge in [0.05, 0.1) is 17.1 Å². The van der Waals surface area contributed by atoms with E-state index in [1.165, 1.54) is 32.7 Å². The molecule has 236 valence electrons. The van der Waals surface area contributed by atoms with Crippen LogP contribution < -0.4 is 10.6 Å². The van der Waals surface area contributed by atoms with Gasteiger partial charge in [0.2, 0.25) is 0 Å². The second-order valence-electron chi connectivity index (χ2n) is 12.6. The van der Waals surface area contributed by atoms with Crippen molar-refractivity contribution < 1.29 is 0 Å². The van der Waals surface area contributed by atoms with E-state index in [-0.39, 0.29) is 0 Å². The van der Waals surface area contributed by atoms with E-state index in [2.05, 4.69) is 169 Å². The van der Waals surface area contributed by atoms with Crippen LogP contribution in [0.2, 0.25) is 0 Å². The fraction of sp³-hybridized carbons (Fsp3) is 0. The van der Waals surface area contributed by atoms with Gasteiger partial charge < -0.3 is 5.73 Å². The Morgan fingerprint density at radius 3 is 1.74 bits per heavy atom. The Labute approximate surface area is 291 Å². The molecule has 2 N–H and O–H groups in total. The molecule has 0 atom stereocenters. The van der Waals surface area contributed by atoms with Gasteiger partial charge in [0.25, 0.3) is 0 Å². The van der Waals surface area contributed by atoms with Crippen LogP contribution in [0, 0.1) is 0 Å². The highest BCUT2D eigenvalue weighted by atomic mass is 15.2. The second kappa shape index (κ2) is 12.4. The van der Waals surface area contributed by atoms with Crippen molar-refractivity contribution in [2.24, 2.45) is 0 Å². The summed E-state index contributed by atoms with van der Waals surface area (Å²) in [5.41, 5.74) is 16.0. The van der Waals surface area contributed by atoms with Crippen LogP contribution in [0.15, 0.2) is 188 Å². The first-order chi connectivity index (χ1) is 24.7. The van der Waals surface area contributed by atoms with Crippen molar-refractivity contribution in [2.75, 3.05) is 10.6 Å². The predicted octanol–water partition coefficient (Wildman–Crippen LogP) is 12.6. The standard InChI is InChI=1S/C47H33N3/c48-42-24-10-11-26-44(42)50(37-19-12-18-35(31-37)32-14-2-1-3-15-32)45-27-13-25-43(49-45)47-40-22-8-6-20-38(40)46(39-21-7-9-23-41(39)47)36-29-28-33-16-4-5-17-34(33)30-36/h1-31H,48H2. The molecule has 9 rings (SSSR count). The van der Waals surface area contributed by atoms with Crippen molar-refractivity contribution >= 4 is 55.2 Å². The van der Waals surface area contributed by atoms with Crippen LogP contribution in [-0.2, 0) is 0 Å². The van der Waals surface area contributed by atoms with Crippen molar-refractivity contribution in [3.05, 3.63) is 188 Å². The highest BCUT2D eigenvalue weighted by Crippen LogP contribution is 2.45. The maximum Gasteiger partial charge on any atom is 0.138 e. The lowest BCUT2D eigenvalue weighted by atomic mass is 9.87. The maximum atomic E-state index is 6.68. The number of para-hydroxylation sites is 2. The number of benzene rings is 8. The molecule has 0 unspecified atom stereocenters. The van der Waals surface area contributed by atoms with E-state index in [1.807, 2.05) is 24.3 Å². The number of nitrogens with zero attached hydrogens (tertiary/aromatic N) is 2. The summed E-state index contributed by atoms with van der Waals surface area (Å²) in [5, 5.41) is 7.19. The van der Waals surface area contributed by atoms with Crippen LogP contribution in [0.5, 0.6) is 0 Å². The zero-order chi connectivity index (χ0) is 33.4. The zero-order valence-electron chi connectivity index (χ0n) is 27.4. The molecule has 0 aliphatic carbocycles. The van der Waals surface area contributed by atoms with E-state index < -0.39 is 0 Å².